The molecule has 6 nitrogen and oxygen atoms in total. The van der Waals surface area contributed by atoms with Gasteiger partial charge in [-0.15, -0.1) is 11.8 Å². The smallest absolute Gasteiger partial charge is 0.338 e. The van der Waals surface area contributed by atoms with Crippen molar-refractivity contribution in [2.24, 2.45) is 4.99 Å². The summed E-state index contributed by atoms with van der Waals surface area (Å²) in [5.74, 6) is -0.110. The second-order valence-corrected chi connectivity index (χ2v) is 11.7. The molecule has 0 bridgehead atoms. The van der Waals surface area contributed by atoms with Gasteiger partial charge < -0.3 is 9.47 Å². The third-order valence-electron chi connectivity index (χ3n) is 6.51. The molecule has 1 atom stereocenters. The minimum atomic E-state index is -0.655. The number of carbonyl (C=O) groups is 1. The largest absolute Gasteiger partial charge is 0.489 e. The lowest BCUT2D eigenvalue weighted by atomic mass is 9.96. The minimum absolute atomic E-state index is 0.230. The number of fused-ring (bicyclic) bond motifs is 1. The van der Waals surface area contributed by atoms with E-state index in [9.17, 15) is 14.0 Å². The van der Waals surface area contributed by atoms with E-state index in [2.05, 4.69) is 4.99 Å². The molecule has 1 aromatic heterocycles. The number of thioether (sulfide) groups is 1. The summed E-state index contributed by atoms with van der Waals surface area (Å²) in [6.45, 7) is 5.69. The Hall–Kier alpha value is -3.95. The maximum Gasteiger partial charge on any atom is 0.338 e. The van der Waals surface area contributed by atoms with Crippen LogP contribution < -0.4 is 19.6 Å². The van der Waals surface area contributed by atoms with E-state index in [1.807, 2.05) is 60.9 Å². The Morgan fingerprint density at radius 2 is 1.76 bits per heavy atom. The lowest BCUT2D eigenvalue weighted by molar-refractivity contribution is -0.143. The molecule has 0 amide bonds. The average Bonchev–Trinajstić information content (AvgIpc) is 3.26. The van der Waals surface area contributed by atoms with Gasteiger partial charge in [-0.2, -0.15) is 0 Å². The SMILES string of the molecule is CSc1ccc([C@@H]2C(C(=O)OC(C)C)=C(C)N=c3s/c(=C\c4ccc(OCc5ccc(F)cc5)cc4)c(=O)n32)cc1. The Morgan fingerprint density at radius 3 is 2.39 bits per heavy atom. The van der Waals surface area contributed by atoms with Crippen LogP contribution in [-0.4, -0.2) is 22.9 Å². The number of rotatable bonds is 8. The van der Waals surface area contributed by atoms with Gasteiger partial charge in [0.15, 0.2) is 4.80 Å². The van der Waals surface area contributed by atoms with Gasteiger partial charge in [0.1, 0.15) is 18.2 Å². The summed E-state index contributed by atoms with van der Waals surface area (Å²) in [6.07, 6.45) is 3.50. The van der Waals surface area contributed by atoms with Crippen LogP contribution in [0.15, 0.2) is 98.7 Å². The second-order valence-electron chi connectivity index (χ2n) is 9.79. The average molecular weight is 589 g/mol. The summed E-state index contributed by atoms with van der Waals surface area (Å²) in [6, 6.07) is 20.8. The zero-order valence-electron chi connectivity index (χ0n) is 23.1. The van der Waals surface area contributed by atoms with Gasteiger partial charge in [0.2, 0.25) is 0 Å². The van der Waals surface area contributed by atoms with Crippen LogP contribution in [0.25, 0.3) is 6.08 Å². The highest BCUT2D eigenvalue weighted by Gasteiger charge is 2.33. The molecule has 0 saturated carbocycles. The van der Waals surface area contributed by atoms with Crippen LogP contribution in [-0.2, 0) is 16.1 Å². The van der Waals surface area contributed by atoms with Gasteiger partial charge in [-0.25, -0.2) is 14.2 Å². The molecule has 5 rings (SSSR count). The van der Waals surface area contributed by atoms with Crippen molar-refractivity contribution in [1.29, 1.82) is 0 Å². The number of benzene rings is 3. The van der Waals surface area contributed by atoms with Crippen molar-refractivity contribution >= 4 is 35.1 Å². The number of halogens is 1. The predicted octanol–water partition coefficient (Wildman–Crippen LogP) is 5.63. The molecule has 4 aromatic rings. The Balaban J connectivity index is 1.49. The monoisotopic (exact) mass is 588 g/mol. The summed E-state index contributed by atoms with van der Waals surface area (Å²) in [7, 11) is 0. The molecule has 1 aliphatic rings. The lowest BCUT2D eigenvalue weighted by Gasteiger charge is -2.25. The third-order valence-corrected chi connectivity index (χ3v) is 8.24. The first-order valence-corrected chi connectivity index (χ1v) is 15.1. The fraction of sp³-hybridized carbons (Fsp3) is 0.219. The molecule has 9 heteroatoms. The van der Waals surface area contributed by atoms with Crippen molar-refractivity contribution in [1.82, 2.24) is 4.57 Å². The fourth-order valence-corrected chi connectivity index (χ4v) is 5.98. The first-order valence-electron chi connectivity index (χ1n) is 13.1. The van der Waals surface area contributed by atoms with Crippen LogP contribution >= 0.6 is 23.1 Å². The second kappa shape index (κ2) is 12.3. The molecule has 210 valence electrons. The first-order chi connectivity index (χ1) is 19.7. The van der Waals surface area contributed by atoms with Crippen LogP contribution in [0.1, 0.15) is 43.5 Å². The Kier molecular flexibility index (Phi) is 8.56. The Bertz CT molecular complexity index is 1770. The maximum atomic E-state index is 13.8. The number of ether oxygens (including phenoxy) is 2. The highest BCUT2D eigenvalue weighted by Crippen LogP contribution is 2.32. The number of hydrogen-bond acceptors (Lipinski definition) is 7. The van der Waals surface area contributed by atoms with Gasteiger partial charge in [0.05, 0.1) is 27.9 Å². The quantitative estimate of drug-likeness (QED) is 0.197. The van der Waals surface area contributed by atoms with E-state index in [0.717, 1.165) is 21.6 Å². The number of nitrogens with zero attached hydrogens (tertiary/aromatic N) is 2. The Labute approximate surface area is 245 Å². The van der Waals surface area contributed by atoms with E-state index < -0.39 is 12.0 Å². The van der Waals surface area contributed by atoms with E-state index in [0.29, 0.717) is 33.0 Å². The number of carbonyl (C=O) groups excluding carboxylic acids is 1. The van der Waals surface area contributed by atoms with Gasteiger partial charge in [-0.3, -0.25) is 9.36 Å². The van der Waals surface area contributed by atoms with Crippen molar-refractivity contribution in [3.8, 4) is 5.75 Å². The van der Waals surface area contributed by atoms with Crippen LogP contribution in [0, 0.1) is 5.82 Å². The van der Waals surface area contributed by atoms with Crippen LogP contribution in [0.2, 0.25) is 0 Å². The van der Waals surface area contributed by atoms with E-state index in [1.165, 1.54) is 23.5 Å². The molecule has 0 aliphatic carbocycles. The van der Waals surface area contributed by atoms with E-state index >= 15 is 0 Å². The molecule has 0 unspecified atom stereocenters. The molecular formula is C32H29FN2O4S2. The topological polar surface area (TPSA) is 69.9 Å². The third kappa shape index (κ3) is 6.36. The number of esters is 1. The summed E-state index contributed by atoms with van der Waals surface area (Å²) in [4.78, 5) is 33.3. The van der Waals surface area contributed by atoms with Crippen LogP contribution in [0.4, 0.5) is 4.39 Å². The van der Waals surface area contributed by atoms with Crippen molar-refractivity contribution in [3.63, 3.8) is 0 Å². The highest BCUT2D eigenvalue weighted by atomic mass is 32.2. The number of aromatic nitrogens is 1. The van der Waals surface area contributed by atoms with Gasteiger partial charge in [-0.1, -0.05) is 47.7 Å². The van der Waals surface area contributed by atoms with Gasteiger partial charge in [-0.05, 0) is 86.2 Å². The molecule has 2 heterocycles. The maximum absolute atomic E-state index is 13.8. The van der Waals surface area contributed by atoms with Crippen molar-refractivity contribution in [3.05, 3.63) is 126 Å². The molecule has 1 aliphatic heterocycles. The van der Waals surface area contributed by atoms with E-state index in [-0.39, 0.29) is 17.5 Å². The Morgan fingerprint density at radius 1 is 1.07 bits per heavy atom. The number of allylic oxidation sites excluding steroid dienone is 1. The number of thiazole rings is 1. The molecule has 0 radical (unpaired) electrons. The lowest BCUT2D eigenvalue weighted by Crippen LogP contribution is -2.40. The summed E-state index contributed by atoms with van der Waals surface area (Å²) >= 11 is 2.90. The van der Waals surface area contributed by atoms with Gasteiger partial charge in [0, 0.05) is 4.90 Å². The normalized spacial score (nSPS) is 15.1. The molecule has 41 heavy (non-hydrogen) atoms. The van der Waals surface area contributed by atoms with Crippen molar-refractivity contribution in [2.45, 2.75) is 44.4 Å². The molecule has 0 N–H and O–H groups in total. The summed E-state index contributed by atoms with van der Waals surface area (Å²) in [5, 5.41) is 0. The van der Waals surface area contributed by atoms with Crippen LogP contribution in [0.5, 0.6) is 5.75 Å². The first kappa shape index (κ1) is 28.6. The highest BCUT2D eigenvalue weighted by molar-refractivity contribution is 7.98. The van der Waals surface area contributed by atoms with E-state index in [4.69, 9.17) is 9.47 Å². The number of hydrogen-bond donors (Lipinski definition) is 0. The zero-order valence-corrected chi connectivity index (χ0v) is 24.7. The molecule has 0 fully saturated rings. The molecular weight excluding hydrogens is 559 g/mol. The standard InChI is InChI=1S/C32H29FN2O4S2/c1-19(2)39-31(37)28-20(3)34-32-35(29(28)23-9-15-26(40-4)16-10-23)30(36)27(41-32)17-21-7-13-25(14-8-21)38-18-22-5-11-24(33)12-6-22/h5-17,19,29H,18H2,1-4H3/b27-17-/t29-/m1/s1. The zero-order chi connectivity index (χ0) is 29.1. The molecule has 0 spiro atoms. The molecule has 0 saturated heterocycles. The summed E-state index contributed by atoms with van der Waals surface area (Å²) in [5.41, 5.74) is 3.15. The molecule has 3 aromatic carbocycles. The minimum Gasteiger partial charge on any atom is -0.489 e. The predicted molar refractivity (Wildman–Crippen MR) is 160 cm³/mol. The van der Waals surface area contributed by atoms with Gasteiger partial charge >= 0.3 is 5.97 Å². The van der Waals surface area contributed by atoms with Crippen molar-refractivity contribution in [2.75, 3.05) is 6.26 Å². The van der Waals surface area contributed by atoms with Gasteiger partial charge in [0.25, 0.3) is 5.56 Å². The summed E-state index contributed by atoms with van der Waals surface area (Å²) < 4.78 is 26.6. The van der Waals surface area contributed by atoms with Crippen LogP contribution in [0.3, 0.4) is 0 Å². The van der Waals surface area contributed by atoms with E-state index in [1.54, 1.807) is 49.2 Å². The van der Waals surface area contributed by atoms with Crippen molar-refractivity contribution < 1.29 is 18.7 Å². The fourth-order valence-electron chi connectivity index (χ4n) is 4.52.